The molecular formula is C19H24N2O2. The molecule has 0 spiro atoms. The highest BCUT2D eigenvalue weighted by Crippen LogP contribution is 2.21. The summed E-state index contributed by atoms with van der Waals surface area (Å²) in [7, 11) is 0. The first kappa shape index (κ1) is 15.7. The van der Waals surface area contributed by atoms with Gasteiger partial charge in [0.15, 0.2) is 0 Å². The quantitative estimate of drug-likeness (QED) is 0.934. The number of nitrogens with zero attached hydrogens (tertiary/aromatic N) is 1. The summed E-state index contributed by atoms with van der Waals surface area (Å²) in [6.07, 6.45) is 3.68. The predicted octanol–water partition coefficient (Wildman–Crippen LogP) is 3.92. The lowest BCUT2D eigenvalue weighted by Crippen LogP contribution is -2.45. The third-order valence-electron chi connectivity index (χ3n) is 4.68. The Morgan fingerprint density at radius 2 is 2.04 bits per heavy atom. The molecule has 1 saturated heterocycles. The monoisotopic (exact) mass is 312 g/mol. The van der Waals surface area contributed by atoms with Gasteiger partial charge in [0.05, 0.1) is 11.8 Å². The van der Waals surface area contributed by atoms with E-state index in [4.69, 9.17) is 4.42 Å². The molecule has 122 valence electrons. The van der Waals surface area contributed by atoms with Crippen molar-refractivity contribution in [3.8, 4) is 0 Å². The lowest BCUT2D eigenvalue weighted by Gasteiger charge is -2.33. The second-order valence-electron chi connectivity index (χ2n) is 6.42. The van der Waals surface area contributed by atoms with Crippen LogP contribution >= 0.6 is 0 Å². The molecule has 1 N–H and O–H groups in total. The van der Waals surface area contributed by atoms with Gasteiger partial charge < -0.3 is 14.6 Å². The third-order valence-corrected chi connectivity index (χ3v) is 4.68. The van der Waals surface area contributed by atoms with E-state index in [9.17, 15) is 4.79 Å². The maximum atomic E-state index is 12.6. The molecule has 4 nitrogen and oxygen atoms in total. The van der Waals surface area contributed by atoms with Crippen molar-refractivity contribution >= 4 is 11.6 Å². The van der Waals surface area contributed by atoms with Crippen LogP contribution in [0.25, 0.3) is 0 Å². The van der Waals surface area contributed by atoms with Crippen molar-refractivity contribution in [1.82, 2.24) is 4.90 Å². The molecule has 0 aliphatic carbocycles. The second kappa shape index (κ2) is 6.49. The highest BCUT2D eigenvalue weighted by atomic mass is 16.3. The summed E-state index contributed by atoms with van der Waals surface area (Å²) in [6, 6.07) is 8.48. The Labute approximate surface area is 137 Å². The van der Waals surface area contributed by atoms with E-state index in [1.165, 1.54) is 11.1 Å². The zero-order valence-corrected chi connectivity index (χ0v) is 14.1. The molecule has 23 heavy (non-hydrogen) atoms. The molecule has 1 aromatic heterocycles. The Morgan fingerprint density at radius 3 is 2.74 bits per heavy atom. The van der Waals surface area contributed by atoms with Gasteiger partial charge in [-0.25, -0.2) is 0 Å². The summed E-state index contributed by atoms with van der Waals surface area (Å²) in [5, 5.41) is 3.58. The molecule has 1 amide bonds. The summed E-state index contributed by atoms with van der Waals surface area (Å²) in [5.74, 6) is 0.766. The largest absolute Gasteiger partial charge is 0.469 e. The maximum absolute atomic E-state index is 12.6. The third kappa shape index (κ3) is 3.41. The summed E-state index contributed by atoms with van der Waals surface area (Å²) in [5.41, 5.74) is 4.39. The molecule has 2 heterocycles. The number of anilines is 1. The SMILES string of the molecule is Cc1ccc(N[C@@H]2CCCN(C(=O)c3ccoc3C)C2)cc1C. The highest BCUT2D eigenvalue weighted by Gasteiger charge is 2.26. The number of amides is 1. The molecule has 0 saturated carbocycles. The van der Waals surface area contributed by atoms with Crippen molar-refractivity contribution in [2.75, 3.05) is 18.4 Å². The summed E-state index contributed by atoms with van der Waals surface area (Å²) < 4.78 is 5.26. The van der Waals surface area contributed by atoms with Gasteiger partial charge in [-0.15, -0.1) is 0 Å². The average Bonchev–Trinajstić information content (AvgIpc) is 2.96. The topological polar surface area (TPSA) is 45.5 Å². The minimum atomic E-state index is 0.0721. The first-order chi connectivity index (χ1) is 11.0. The molecule has 1 aromatic carbocycles. The normalized spacial score (nSPS) is 18.0. The van der Waals surface area contributed by atoms with Gasteiger partial charge in [-0.3, -0.25) is 4.79 Å². The molecule has 4 heteroatoms. The molecule has 1 aliphatic heterocycles. The van der Waals surface area contributed by atoms with E-state index >= 15 is 0 Å². The molecule has 0 unspecified atom stereocenters. The van der Waals surface area contributed by atoms with Crippen LogP contribution in [0.3, 0.4) is 0 Å². The summed E-state index contributed by atoms with van der Waals surface area (Å²) in [4.78, 5) is 14.5. The number of likely N-dealkylation sites (tertiary alicyclic amines) is 1. The van der Waals surface area contributed by atoms with Crippen molar-refractivity contribution in [1.29, 1.82) is 0 Å². The number of carbonyl (C=O) groups excluding carboxylic acids is 1. The van der Waals surface area contributed by atoms with Gasteiger partial charge in [-0.05, 0) is 62.9 Å². The Bertz CT molecular complexity index is 705. The molecule has 3 rings (SSSR count). The lowest BCUT2D eigenvalue weighted by atomic mass is 10.0. The summed E-state index contributed by atoms with van der Waals surface area (Å²) >= 11 is 0. The molecule has 1 aliphatic rings. The smallest absolute Gasteiger partial charge is 0.257 e. The minimum absolute atomic E-state index is 0.0721. The number of aryl methyl sites for hydroxylation is 3. The van der Waals surface area contributed by atoms with E-state index in [0.29, 0.717) is 17.4 Å². The minimum Gasteiger partial charge on any atom is -0.469 e. The number of piperidine rings is 1. The number of benzene rings is 1. The number of carbonyl (C=O) groups is 1. The van der Waals surface area contributed by atoms with Crippen LogP contribution in [-0.4, -0.2) is 29.9 Å². The van der Waals surface area contributed by atoms with Crippen LogP contribution in [0.4, 0.5) is 5.69 Å². The Kier molecular flexibility index (Phi) is 4.42. The lowest BCUT2D eigenvalue weighted by molar-refractivity contribution is 0.0713. The Balaban J connectivity index is 1.67. The van der Waals surface area contributed by atoms with Gasteiger partial charge in [0.2, 0.25) is 0 Å². The van der Waals surface area contributed by atoms with E-state index in [1.54, 1.807) is 12.3 Å². The van der Waals surface area contributed by atoms with Gasteiger partial charge in [-0.1, -0.05) is 6.07 Å². The van der Waals surface area contributed by atoms with Crippen LogP contribution < -0.4 is 5.32 Å². The van der Waals surface area contributed by atoms with E-state index in [1.807, 2.05) is 11.8 Å². The standard InChI is InChI=1S/C19H24N2O2/c1-13-6-7-16(11-14(13)2)20-17-5-4-9-21(12-17)19(22)18-8-10-23-15(18)3/h6-8,10-11,17,20H,4-5,9,12H2,1-3H3/t17-/m1/s1. The molecule has 2 aromatic rings. The van der Waals surface area contributed by atoms with Gasteiger partial charge in [0.25, 0.3) is 5.91 Å². The number of nitrogens with one attached hydrogen (secondary N) is 1. The zero-order chi connectivity index (χ0) is 16.4. The molecule has 0 radical (unpaired) electrons. The number of hydrogen-bond acceptors (Lipinski definition) is 3. The van der Waals surface area contributed by atoms with E-state index < -0.39 is 0 Å². The second-order valence-corrected chi connectivity index (χ2v) is 6.42. The summed E-state index contributed by atoms with van der Waals surface area (Å²) in [6.45, 7) is 7.62. The highest BCUT2D eigenvalue weighted by molar-refractivity contribution is 5.95. The first-order valence-corrected chi connectivity index (χ1v) is 8.22. The molecule has 1 atom stereocenters. The number of hydrogen-bond donors (Lipinski definition) is 1. The fourth-order valence-corrected chi connectivity index (χ4v) is 3.12. The average molecular weight is 312 g/mol. The van der Waals surface area contributed by atoms with Crippen LogP contribution in [0.2, 0.25) is 0 Å². The molecule has 1 fully saturated rings. The van der Waals surface area contributed by atoms with Gasteiger partial charge in [0.1, 0.15) is 5.76 Å². The van der Waals surface area contributed by atoms with Crippen LogP contribution in [0.1, 0.15) is 40.1 Å². The van der Waals surface area contributed by atoms with Crippen LogP contribution in [0.5, 0.6) is 0 Å². The van der Waals surface area contributed by atoms with Crippen molar-refractivity contribution in [2.45, 2.75) is 39.7 Å². The number of rotatable bonds is 3. The fourth-order valence-electron chi connectivity index (χ4n) is 3.12. The maximum Gasteiger partial charge on any atom is 0.257 e. The Hall–Kier alpha value is -2.23. The van der Waals surface area contributed by atoms with Crippen LogP contribution in [0, 0.1) is 20.8 Å². The molecular weight excluding hydrogens is 288 g/mol. The Morgan fingerprint density at radius 1 is 1.22 bits per heavy atom. The van der Waals surface area contributed by atoms with Gasteiger partial charge in [0, 0.05) is 24.8 Å². The van der Waals surface area contributed by atoms with Gasteiger partial charge >= 0.3 is 0 Å². The van der Waals surface area contributed by atoms with E-state index in [0.717, 1.165) is 31.6 Å². The van der Waals surface area contributed by atoms with E-state index in [2.05, 4.69) is 37.4 Å². The van der Waals surface area contributed by atoms with E-state index in [-0.39, 0.29) is 5.91 Å². The van der Waals surface area contributed by atoms with Gasteiger partial charge in [-0.2, -0.15) is 0 Å². The van der Waals surface area contributed by atoms with Crippen LogP contribution in [0.15, 0.2) is 34.9 Å². The first-order valence-electron chi connectivity index (χ1n) is 8.22. The van der Waals surface area contributed by atoms with Crippen molar-refractivity contribution in [2.24, 2.45) is 0 Å². The predicted molar refractivity (Wildman–Crippen MR) is 91.9 cm³/mol. The van der Waals surface area contributed by atoms with Crippen molar-refractivity contribution < 1.29 is 9.21 Å². The molecule has 0 bridgehead atoms. The number of furan rings is 1. The fraction of sp³-hybridized carbons (Fsp3) is 0.421. The van der Waals surface area contributed by atoms with Crippen molar-refractivity contribution in [3.05, 3.63) is 53.0 Å². The van der Waals surface area contributed by atoms with Crippen molar-refractivity contribution in [3.63, 3.8) is 0 Å². The zero-order valence-electron chi connectivity index (χ0n) is 14.1. The van der Waals surface area contributed by atoms with Crippen LogP contribution in [-0.2, 0) is 0 Å².